The van der Waals surface area contributed by atoms with E-state index in [1.54, 1.807) is 17.0 Å². The number of ether oxygens (including phenoxy) is 1. The molecule has 6 nitrogen and oxygen atoms in total. The Kier molecular flexibility index (Phi) is 6.86. The smallest absolute Gasteiger partial charge is 0.328 e. The number of nitrogens with one attached hydrogen (secondary N) is 1. The maximum absolute atomic E-state index is 13.1. The molecule has 0 saturated carbocycles. The molecular weight excluding hydrogens is 356 g/mol. The third-order valence-corrected chi connectivity index (χ3v) is 5.24. The van der Waals surface area contributed by atoms with E-state index in [-0.39, 0.29) is 23.1 Å². The molecule has 1 unspecified atom stereocenters. The van der Waals surface area contributed by atoms with Crippen molar-refractivity contribution in [2.45, 2.75) is 65.0 Å². The Balaban J connectivity index is 2.15. The zero-order valence-corrected chi connectivity index (χ0v) is 17.7. The number of esters is 1. The summed E-state index contributed by atoms with van der Waals surface area (Å²) in [6.07, 6.45) is 1.34. The Morgan fingerprint density at radius 2 is 1.75 bits per heavy atom. The molecule has 1 fully saturated rings. The molecule has 1 aliphatic heterocycles. The van der Waals surface area contributed by atoms with E-state index < -0.39 is 18.1 Å². The van der Waals surface area contributed by atoms with Crippen LogP contribution in [0.25, 0.3) is 0 Å². The normalized spacial score (nSPS) is 18.1. The van der Waals surface area contributed by atoms with Gasteiger partial charge >= 0.3 is 5.97 Å². The van der Waals surface area contributed by atoms with Gasteiger partial charge in [0.2, 0.25) is 5.91 Å². The highest BCUT2D eigenvalue weighted by atomic mass is 16.5. The summed E-state index contributed by atoms with van der Waals surface area (Å²) in [6, 6.07) is 6.18. The average molecular weight is 389 g/mol. The van der Waals surface area contributed by atoms with Gasteiger partial charge in [-0.1, -0.05) is 46.8 Å². The van der Waals surface area contributed by atoms with Crippen molar-refractivity contribution in [2.24, 2.45) is 5.92 Å². The van der Waals surface area contributed by atoms with Crippen LogP contribution in [-0.2, 0) is 19.7 Å². The first-order valence-corrected chi connectivity index (χ1v) is 9.86. The molecule has 2 rings (SSSR count). The number of benzene rings is 1. The summed E-state index contributed by atoms with van der Waals surface area (Å²) < 4.78 is 4.82. The Bertz CT molecular complexity index is 719. The zero-order valence-electron chi connectivity index (χ0n) is 17.7. The topological polar surface area (TPSA) is 75.7 Å². The van der Waals surface area contributed by atoms with Crippen LogP contribution in [0.3, 0.4) is 0 Å². The van der Waals surface area contributed by atoms with Gasteiger partial charge in [0.15, 0.2) is 0 Å². The lowest BCUT2D eigenvalue weighted by atomic mass is 9.86. The molecule has 154 valence electrons. The van der Waals surface area contributed by atoms with Gasteiger partial charge in [-0.05, 0) is 41.9 Å². The molecule has 1 heterocycles. The molecule has 1 N–H and O–H groups in total. The number of carbonyl (C=O) groups is 3. The molecule has 6 heteroatoms. The quantitative estimate of drug-likeness (QED) is 0.787. The number of carbonyl (C=O) groups excluding carboxylic acids is 3. The molecule has 0 radical (unpaired) electrons. The number of hydrogen-bond donors (Lipinski definition) is 1. The van der Waals surface area contributed by atoms with Gasteiger partial charge in [-0.2, -0.15) is 0 Å². The van der Waals surface area contributed by atoms with Gasteiger partial charge in [-0.3, -0.25) is 9.59 Å². The SMILES string of the molecule is COC(=O)[C@@H]1CCCN1C(=O)C(NC(=O)c1ccc(C(C)(C)C)cc1)C(C)C. The zero-order chi connectivity index (χ0) is 21.1. The number of hydrogen-bond acceptors (Lipinski definition) is 4. The molecule has 0 aliphatic carbocycles. The fourth-order valence-electron chi connectivity index (χ4n) is 3.45. The minimum Gasteiger partial charge on any atom is -0.467 e. The summed E-state index contributed by atoms with van der Waals surface area (Å²) in [5.74, 6) is -1.04. The van der Waals surface area contributed by atoms with E-state index in [4.69, 9.17) is 4.74 Å². The molecule has 1 saturated heterocycles. The van der Waals surface area contributed by atoms with Crippen molar-refractivity contribution in [3.63, 3.8) is 0 Å². The highest BCUT2D eigenvalue weighted by Crippen LogP contribution is 2.23. The van der Waals surface area contributed by atoms with Crippen LogP contribution in [0.5, 0.6) is 0 Å². The summed E-state index contributed by atoms with van der Waals surface area (Å²) in [5.41, 5.74) is 1.65. The largest absolute Gasteiger partial charge is 0.467 e. The molecular formula is C22H32N2O4. The van der Waals surface area contributed by atoms with E-state index >= 15 is 0 Å². The minimum atomic E-state index is -0.694. The van der Waals surface area contributed by atoms with Crippen molar-refractivity contribution in [3.05, 3.63) is 35.4 Å². The molecule has 1 aromatic rings. The maximum atomic E-state index is 13.1. The number of nitrogens with zero attached hydrogens (tertiary/aromatic N) is 1. The second-order valence-electron chi connectivity index (χ2n) is 8.74. The first-order chi connectivity index (χ1) is 13.1. The lowest BCUT2D eigenvalue weighted by Gasteiger charge is -2.30. The van der Waals surface area contributed by atoms with E-state index in [9.17, 15) is 14.4 Å². The van der Waals surface area contributed by atoms with Crippen LogP contribution in [0.1, 0.15) is 63.4 Å². The Morgan fingerprint density at radius 1 is 1.14 bits per heavy atom. The van der Waals surface area contributed by atoms with Crippen molar-refractivity contribution in [1.29, 1.82) is 0 Å². The molecule has 2 amide bonds. The van der Waals surface area contributed by atoms with Crippen molar-refractivity contribution in [1.82, 2.24) is 10.2 Å². The highest BCUT2D eigenvalue weighted by molar-refractivity contribution is 5.98. The van der Waals surface area contributed by atoms with Crippen LogP contribution in [0.15, 0.2) is 24.3 Å². The molecule has 0 bridgehead atoms. The van der Waals surface area contributed by atoms with Crippen LogP contribution < -0.4 is 5.32 Å². The first kappa shape index (κ1) is 21.9. The molecule has 0 spiro atoms. The first-order valence-electron chi connectivity index (χ1n) is 9.86. The second kappa shape index (κ2) is 8.76. The third kappa shape index (κ3) is 4.91. The third-order valence-electron chi connectivity index (χ3n) is 5.24. The second-order valence-corrected chi connectivity index (χ2v) is 8.74. The Morgan fingerprint density at radius 3 is 2.25 bits per heavy atom. The van der Waals surface area contributed by atoms with Crippen LogP contribution in [0.4, 0.5) is 0 Å². The average Bonchev–Trinajstić information content (AvgIpc) is 3.13. The van der Waals surface area contributed by atoms with Crippen LogP contribution >= 0.6 is 0 Å². The van der Waals surface area contributed by atoms with Gasteiger partial charge in [0.1, 0.15) is 12.1 Å². The van der Waals surface area contributed by atoms with E-state index in [1.165, 1.54) is 7.11 Å². The fraction of sp³-hybridized carbons (Fsp3) is 0.591. The number of rotatable bonds is 5. The van der Waals surface area contributed by atoms with Crippen LogP contribution in [-0.4, -0.2) is 48.4 Å². The lowest BCUT2D eigenvalue weighted by molar-refractivity contribution is -0.151. The number of amides is 2. The summed E-state index contributed by atoms with van der Waals surface area (Å²) >= 11 is 0. The van der Waals surface area contributed by atoms with Gasteiger partial charge in [-0.25, -0.2) is 4.79 Å². The molecule has 2 atom stereocenters. The van der Waals surface area contributed by atoms with E-state index in [2.05, 4.69) is 26.1 Å². The maximum Gasteiger partial charge on any atom is 0.328 e. The Labute approximate surface area is 167 Å². The predicted molar refractivity (Wildman–Crippen MR) is 108 cm³/mol. The highest BCUT2D eigenvalue weighted by Gasteiger charge is 2.39. The van der Waals surface area contributed by atoms with Gasteiger partial charge in [0.05, 0.1) is 7.11 Å². The van der Waals surface area contributed by atoms with Gasteiger partial charge in [0.25, 0.3) is 5.91 Å². The standard InChI is InChI=1S/C22H32N2O4/c1-14(2)18(20(26)24-13-7-8-17(24)21(27)28-6)23-19(25)15-9-11-16(12-10-15)22(3,4)5/h9-12,14,17-18H,7-8,13H2,1-6H3,(H,23,25)/t17-,18?/m0/s1. The van der Waals surface area contributed by atoms with Crippen molar-refractivity contribution in [2.75, 3.05) is 13.7 Å². The summed E-state index contributed by atoms with van der Waals surface area (Å²) in [7, 11) is 1.33. The van der Waals surface area contributed by atoms with E-state index in [0.29, 0.717) is 18.5 Å². The molecule has 1 aromatic carbocycles. The monoisotopic (exact) mass is 388 g/mol. The van der Waals surface area contributed by atoms with Crippen molar-refractivity contribution >= 4 is 17.8 Å². The van der Waals surface area contributed by atoms with Crippen LogP contribution in [0, 0.1) is 5.92 Å². The lowest BCUT2D eigenvalue weighted by Crippen LogP contribution is -2.53. The van der Waals surface area contributed by atoms with E-state index in [1.807, 2.05) is 26.0 Å². The number of likely N-dealkylation sites (tertiary alicyclic amines) is 1. The minimum absolute atomic E-state index is 0.00406. The molecule has 28 heavy (non-hydrogen) atoms. The van der Waals surface area contributed by atoms with Gasteiger partial charge in [-0.15, -0.1) is 0 Å². The molecule has 0 aromatic heterocycles. The van der Waals surface area contributed by atoms with Gasteiger partial charge < -0.3 is 15.0 Å². The summed E-state index contributed by atoms with van der Waals surface area (Å²) in [4.78, 5) is 39.3. The summed E-state index contributed by atoms with van der Waals surface area (Å²) in [5, 5.41) is 2.86. The Hall–Kier alpha value is -2.37. The molecule has 1 aliphatic rings. The fourth-order valence-corrected chi connectivity index (χ4v) is 3.45. The van der Waals surface area contributed by atoms with Crippen molar-refractivity contribution in [3.8, 4) is 0 Å². The summed E-state index contributed by atoms with van der Waals surface area (Å²) in [6.45, 7) is 10.6. The van der Waals surface area contributed by atoms with E-state index in [0.717, 1.165) is 12.0 Å². The van der Waals surface area contributed by atoms with Crippen molar-refractivity contribution < 1.29 is 19.1 Å². The number of methoxy groups -OCH3 is 1. The van der Waals surface area contributed by atoms with Gasteiger partial charge in [0, 0.05) is 12.1 Å². The predicted octanol–water partition coefficient (Wildman–Crippen LogP) is 2.90. The van der Waals surface area contributed by atoms with Crippen LogP contribution in [0.2, 0.25) is 0 Å².